The molecule has 0 amide bonds. The van der Waals surface area contributed by atoms with Crippen molar-refractivity contribution in [1.29, 1.82) is 5.26 Å². The lowest BCUT2D eigenvalue weighted by Crippen LogP contribution is -2.18. The van der Waals surface area contributed by atoms with Crippen LogP contribution in [0.1, 0.15) is 25.0 Å². The number of ether oxygens (including phenoxy) is 2. The van der Waals surface area contributed by atoms with E-state index >= 15 is 0 Å². The third-order valence-corrected chi connectivity index (χ3v) is 4.68. The number of pyridine rings is 1. The summed E-state index contributed by atoms with van der Waals surface area (Å²) >= 11 is 0. The highest BCUT2D eigenvalue weighted by Crippen LogP contribution is 2.26. The van der Waals surface area contributed by atoms with Crippen LogP contribution in [0.25, 0.3) is 10.9 Å². The molecule has 4 rings (SSSR count). The number of hydrogen-bond donors (Lipinski definition) is 0. The molecule has 0 fully saturated rings. The number of rotatable bonds is 9. The molecule has 30 heavy (non-hydrogen) atoms. The zero-order chi connectivity index (χ0) is 20.7. The Morgan fingerprint density at radius 2 is 1.67 bits per heavy atom. The lowest BCUT2D eigenvalue weighted by atomic mass is 10.1. The Hall–Kier alpha value is -3.86. The molecule has 0 unspecified atom stereocenters. The fourth-order valence-corrected chi connectivity index (χ4v) is 3.07. The van der Waals surface area contributed by atoms with Gasteiger partial charge in [-0.3, -0.25) is 0 Å². The molecule has 0 atom stereocenters. The lowest BCUT2D eigenvalue weighted by Gasteiger charge is -2.11. The Kier molecular flexibility index (Phi) is 5.90. The zero-order valence-corrected chi connectivity index (χ0v) is 16.3. The van der Waals surface area contributed by atoms with Gasteiger partial charge in [-0.05, 0) is 47.6 Å². The second-order valence-corrected chi connectivity index (χ2v) is 6.87. The molecule has 150 valence electrons. The summed E-state index contributed by atoms with van der Waals surface area (Å²) in [4.78, 5) is 4.62. The molecule has 1 aliphatic rings. The highest BCUT2D eigenvalue weighted by atomic mass is 16.5. The van der Waals surface area contributed by atoms with E-state index in [4.69, 9.17) is 14.7 Å². The molecule has 1 aliphatic heterocycles. The summed E-state index contributed by atoms with van der Waals surface area (Å²) in [6.45, 7) is 0.902. The van der Waals surface area contributed by atoms with Gasteiger partial charge in [-0.25, -0.2) is 4.98 Å². The van der Waals surface area contributed by atoms with Gasteiger partial charge in [-0.2, -0.15) is 5.26 Å². The Bertz CT molecular complexity index is 1110. The van der Waals surface area contributed by atoms with Crippen LogP contribution in [0, 0.1) is 11.3 Å². The predicted octanol–water partition coefficient (Wildman–Crippen LogP) is 5.42. The topological polar surface area (TPSA) is 105 Å². The maximum Gasteiger partial charge on any atom is 0.279 e. The third-order valence-electron chi connectivity index (χ3n) is 4.68. The molecule has 0 N–H and O–H groups in total. The molecule has 0 saturated carbocycles. The van der Waals surface area contributed by atoms with Crippen LogP contribution in [0.4, 0.5) is 0 Å². The van der Waals surface area contributed by atoms with Crippen molar-refractivity contribution in [2.45, 2.75) is 31.5 Å². The molecule has 8 nitrogen and oxygen atoms in total. The van der Waals surface area contributed by atoms with Gasteiger partial charge in [0.15, 0.2) is 0 Å². The summed E-state index contributed by atoms with van der Waals surface area (Å²) in [5, 5.41) is 24.7. The molecule has 0 bridgehead atoms. The monoisotopic (exact) mass is 400 g/mol. The number of unbranched alkanes of at least 4 members (excludes halogenated alkanes) is 1. The highest BCUT2D eigenvalue weighted by Gasteiger charge is 2.32. The first-order valence-electron chi connectivity index (χ1n) is 9.72. The normalized spacial score (nSPS) is 14.0. The van der Waals surface area contributed by atoms with E-state index in [0.717, 1.165) is 40.9 Å². The molecule has 0 spiro atoms. The van der Waals surface area contributed by atoms with Crippen LogP contribution >= 0.6 is 0 Å². The number of hydrogen-bond acceptors (Lipinski definition) is 8. The average molecular weight is 400 g/mol. The molecule has 2 heterocycles. The zero-order valence-electron chi connectivity index (χ0n) is 16.3. The number of benzene rings is 2. The minimum absolute atomic E-state index is 0.383. The maximum atomic E-state index is 9.16. The SMILES string of the molecule is N#CC1(CCCCOc2cccc(OCc3ccc4ccccc4n3)c2)N=NN=N1. The fraction of sp³-hybridized carbons (Fsp3) is 0.273. The van der Waals surface area contributed by atoms with Gasteiger partial charge < -0.3 is 9.47 Å². The van der Waals surface area contributed by atoms with Gasteiger partial charge >= 0.3 is 0 Å². The molecule has 0 aliphatic carbocycles. The number of nitrogens with zero attached hydrogens (tertiary/aromatic N) is 6. The van der Waals surface area contributed by atoms with E-state index in [9.17, 15) is 0 Å². The average Bonchev–Trinajstić information content (AvgIpc) is 3.27. The van der Waals surface area contributed by atoms with Crippen LogP contribution < -0.4 is 9.47 Å². The van der Waals surface area contributed by atoms with E-state index in [1.807, 2.05) is 66.7 Å². The fourth-order valence-electron chi connectivity index (χ4n) is 3.07. The van der Waals surface area contributed by atoms with Gasteiger partial charge in [-0.15, -0.1) is 10.2 Å². The quantitative estimate of drug-likeness (QED) is 0.447. The van der Waals surface area contributed by atoms with Crippen LogP contribution in [0.3, 0.4) is 0 Å². The largest absolute Gasteiger partial charge is 0.493 e. The smallest absolute Gasteiger partial charge is 0.279 e. The van der Waals surface area contributed by atoms with Crippen molar-refractivity contribution < 1.29 is 9.47 Å². The number of nitriles is 1. The minimum Gasteiger partial charge on any atom is -0.493 e. The van der Waals surface area contributed by atoms with E-state index in [0.29, 0.717) is 19.6 Å². The van der Waals surface area contributed by atoms with Gasteiger partial charge in [0.2, 0.25) is 0 Å². The number of fused-ring (bicyclic) bond motifs is 1. The highest BCUT2D eigenvalue weighted by molar-refractivity contribution is 5.78. The number of para-hydroxylation sites is 1. The van der Waals surface area contributed by atoms with Gasteiger partial charge in [0, 0.05) is 17.9 Å². The van der Waals surface area contributed by atoms with Crippen molar-refractivity contribution in [3.8, 4) is 17.6 Å². The molecule has 1 aromatic heterocycles. The van der Waals surface area contributed by atoms with Crippen molar-refractivity contribution in [3.05, 3.63) is 66.4 Å². The van der Waals surface area contributed by atoms with Gasteiger partial charge in [0.25, 0.3) is 5.66 Å². The van der Waals surface area contributed by atoms with Crippen molar-refractivity contribution in [1.82, 2.24) is 4.98 Å². The van der Waals surface area contributed by atoms with Gasteiger partial charge in [0.05, 0.1) is 17.8 Å². The summed E-state index contributed by atoms with van der Waals surface area (Å²) in [6.07, 6.45) is 1.97. The third kappa shape index (κ3) is 4.75. The second kappa shape index (κ2) is 9.09. The summed E-state index contributed by atoms with van der Waals surface area (Å²) in [6, 6.07) is 21.6. The first-order valence-corrected chi connectivity index (χ1v) is 9.72. The van der Waals surface area contributed by atoms with Crippen LogP contribution in [0.2, 0.25) is 0 Å². The predicted molar refractivity (Wildman–Crippen MR) is 110 cm³/mol. The van der Waals surface area contributed by atoms with Crippen LogP contribution in [0.15, 0.2) is 81.3 Å². The Morgan fingerprint density at radius 1 is 0.867 bits per heavy atom. The van der Waals surface area contributed by atoms with E-state index in [1.165, 1.54) is 0 Å². The molecule has 2 aromatic carbocycles. The summed E-state index contributed by atoms with van der Waals surface area (Å²) in [7, 11) is 0. The molecule has 0 saturated heterocycles. The first kappa shape index (κ1) is 19.5. The molecule has 3 aromatic rings. The molecule has 0 radical (unpaired) electrons. The maximum absolute atomic E-state index is 9.16. The summed E-state index contributed by atoms with van der Waals surface area (Å²) in [5.74, 6) is 1.45. The minimum atomic E-state index is -1.15. The Labute approximate surface area is 173 Å². The van der Waals surface area contributed by atoms with E-state index < -0.39 is 5.66 Å². The Balaban J connectivity index is 1.25. The van der Waals surface area contributed by atoms with Crippen molar-refractivity contribution in [3.63, 3.8) is 0 Å². The van der Waals surface area contributed by atoms with Crippen LogP contribution in [-0.2, 0) is 6.61 Å². The summed E-state index contributed by atoms with van der Waals surface area (Å²) < 4.78 is 11.7. The Morgan fingerprint density at radius 3 is 2.50 bits per heavy atom. The van der Waals surface area contributed by atoms with Crippen molar-refractivity contribution in [2.24, 2.45) is 20.7 Å². The van der Waals surface area contributed by atoms with E-state index in [-0.39, 0.29) is 0 Å². The summed E-state index contributed by atoms with van der Waals surface area (Å²) in [5.41, 5.74) is 0.673. The van der Waals surface area contributed by atoms with E-state index in [2.05, 4.69) is 25.7 Å². The van der Waals surface area contributed by atoms with Crippen molar-refractivity contribution in [2.75, 3.05) is 6.61 Å². The number of aromatic nitrogens is 1. The first-order chi connectivity index (χ1) is 14.8. The standard InChI is InChI=1S/C22H20N6O2/c23-16-22(25-27-28-26-22)12-3-4-13-29-19-7-5-8-20(14-19)30-15-18-11-10-17-6-1-2-9-21(17)24-18/h1-2,5-11,14H,3-4,12-13,15H2. The molecular formula is C22H20N6O2. The molecule has 8 heteroatoms. The van der Waals surface area contributed by atoms with Crippen LogP contribution in [0.5, 0.6) is 11.5 Å². The van der Waals surface area contributed by atoms with E-state index in [1.54, 1.807) is 0 Å². The van der Waals surface area contributed by atoms with Gasteiger partial charge in [-0.1, -0.05) is 30.3 Å². The second-order valence-electron chi connectivity index (χ2n) is 6.87. The molecular weight excluding hydrogens is 380 g/mol. The van der Waals surface area contributed by atoms with Crippen LogP contribution in [-0.4, -0.2) is 17.3 Å². The van der Waals surface area contributed by atoms with Crippen molar-refractivity contribution >= 4 is 10.9 Å². The van der Waals surface area contributed by atoms with Gasteiger partial charge in [0.1, 0.15) is 24.2 Å². The lowest BCUT2D eigenvalue weighted by molar-refractivity contribution is 0.286.